The maximum atomic E-state index is 12.5. The van der Waals surface area contributed by atoms with Gasteiger partial charge in [-0.25, -0.2) is 9.98 Å². The van der Waals surface area contributed by atoms with Crippen LogP contribution in [0, 0.1) is 0 Å². The third-order valence-electron chi connectivity index (χ3n) is 8.64. The van der Waals surface area contributed by atoms with Crippen LogP contribution in [0.2, 0.25) is 0 Å². The van der Waals surface area contributed by atoms with Crippen LogP contribution in [0.1, 0.15) is 12.5 Å². The van der Waals surface area contributed by atoms with Gasteiger partial charge in [-0.05, 0) is 84.8 Å². The lowest BCUT2D eigenvalue weighted by Crippen LogP contribution is -2.34. The van der Waals surface area contributed by atoms with Crippen molar-refractivity contribution in [1.82, 2.24) is 4.98 Å². The molecular formula is C36H34ClN8O10S3+. The molecule has 0 fully saturated rings. The Labute approximate surface area is 337 Å². The van der Waals surface area contributed by atoms with E-state index in [9.17, 15) is 38.9 Å². The zero-order chi connectivity index (χ0) is 42.2. The average Bonchev–Trinajstić information content (AvgIpc) is 3.15. The lowest BCUT2D eigenvalue weighted by atomic mass is 10.1. The minimum atomic E-state index is -4.85. The third kappa shape index (κ3) is 9.26. The van der Waals surface area contributed by atoms with Crippen LogP contribution in [-0.2, 0) is 36.9 Å². The summed E-state index contributed by atoms with van der Waals surface area (Å²) in [5, 5.41) is 2.59. The number of fused-ring (bicyclic) bond motifs is 2. The van der Waals surface area contributed by atoms with Crippen molar-refractivity contribution in [3.8, 4) is 11.4 Å². The van der Waals surface area contributed by atoms with Gasteiger partial charge in [0.15, 0.2) is 5.29 Å². The fraction of sp³-hybridized carbons (Fsp3) is 0.111. The summed E-state index contributed by atoms with van der Waals surface area (Å²) in [6.07, 6.45) is 0. The first-order chi connectivity index (χ1) is 27.2. The Morgan fingerprint density at radius 3 is 2.16 bits per heavy atom. The zero-order valence-electron chi connectivity index (χ0n) is 30.3. The van der Waals surface area contributed by atoms with E-state index in [0.29, 0.717) is 45.5 Å². The number of aromatic nitrogens is 2. The monoisotopic (exact) mass is 869 g/mol. The molecule has 1 aromatic heterocycles. The van der Waals surface area contributed by atoms with Crippen molar-refractivity contribution in [2.24, 2.45) is 21.5 Å². The molecule has 8 N–H and O–H groups in total. The molecule has 0 aliphatic carbocycles. The van der Waals surface area contributed by atoms with Gasteiger partial charge in [0.1, 0.15) is 26.6 Å². The lowest BCUT2D eigenvalue weighted by Gasteiger charge is -2.23. The first kappa shape index (κ1) is 41.7. The summed E-state index contributed by atoms with van der Waals surface area (Å²) in [6, 6.07) is 24.0. The van der Waals surface area contributed by atoms with Crippen LogP contribution in [-0.4, -0.2) is 68.8 Å². The molecule has 302 valence electrons. The lowest BCUT2D eigenvalue weighted by molar-refractivity contribution is -0.538. The van der Waals surface area contributed by atoms with Crippen molar-refractivity contribution < 1.29 is 48.2 Å². The molecule has 1 heterocycles. The van der Waals surface area contributed by atoms with Crippen molar-refractivity contribution >= 4 is 98.0 Å². The van der Waals surface area contributed by atoms with Crippen molar-refractivity contribution in [3.63, 3.8) is 0 Å². The SMILES string of the molecule is CCN(Cc1cccc(S(=O)(=O)O)c1)c1ccc2nc3ccc(Nc4ccc(N=C(N)N=C(N)Cl)cc4S(=O)(=O)O)cc3[n+](-c3ccc(OC)c(S(=O)(=O)O)c3)c2c1. The maximum Gasteiger partial charge on any atom is 0.298 e. The highest BCUT2D eigenvalue weighted by Gasteiger charge is 2.26. The predicted molar refractivity (Wildman–Crippen MR) is 218 cm³/mol. The van der Waals surface area contributed by atoms with Crippen molar-refractivity contribution in [1.29, 1.82) is 0 Å². The van der Waals surface area contributed by atoms with Gasteiger partial charge in [-0.3, -0.25) is 13.7 Å². The highest BCUT2D eigenvalue weighted by atomic mass is 35.5. The number of anilines is 3. The Bertz CT molecular complexity index is 3020. The average molecular weight is 870 g/mol. The fourth-order valence-corrected chi connectivity index (χ4v) is 8.11. The summed E-state index contributed by atoms with van der Waals surface area (Å²) < 4.78 is 111. The van der Waals surface area contributed by atoms with E-state index in [0.717, 1.165) is 6.07 Å². The van der Waals surface area contributed by atoms with E-state index < -0.39 is 45.4 Å². The van der Waals surface area contributed by atoms with E-state index in [1.807, 2.05) is 17.9 Å². The molecule has 0 saturated carbocycles. The zero-order valence-corrected chi connectivity index (χ0v) is 33.6. The minimum absolute atomic E-state index is 0.00146. The number of hydrogen-bond donors (Lipinski definition) is 6. The van der Waals surface area contributed by atoms with Gasteiger partial charge in [0, 0.05) is 48.7 Å². The third-order valence-corrected chi connectivity index (χ3v) is 11.3. The molecule has 58 heavy (non-hydrogen) atoms. The topological polar surface area (TPSA) is 281 Å². The van der Waals surface area contributed by atoms with Crippen LogP contribution in [0.3, 0.4) is 0 Å². The molecule has 22 heteroatoms. The van der Waals surface area contributed by atoms with Crippen LogP contribution < -0.4 is 31.0 Å². The quantitative estimate of drug-likeness (QED) is 0.0243. The van der Waals surface area contributed by atoms with Crippen LogP contribution in [0.25, 0.3) is 27.8 Å². The molecule has 6 aromatic rings. The number of nitrogens with one attached hydrogen (secondary N) is 1. The summed E-state index contributed by atoms with van der Waals surface area (Å²) in [7, 11) is -12.8. The largest absolute Gasteiger partial charge is 0.495 e. The first-order valence-electron chi connectivity index (χ1n) is 16.7. The van der Waals surface area contributed by atoms with Gasteiger partial charge in [0.2, 0.25) is 22.7 Å². The number of halogens is 1. The molecule has 0 bridgehead atoms. The van der Waals surface area contributed by atoms with Gasteiger partial charge in [-0.1, -0.05) is 12.1 Å². The number of hydrogen-bond acceptors (Lipinski definition) is 11. The van der Waals surface area contributed by atoms with Gasteiger partial charge in [-0.2, -0.15) is 30.2 Å². The molecule has 18 nitrogen and oxygen atoms in total. The van der Waals surface area contributed by atoms with Gasteiger partial charge >= 0.3 is 0 Å². The summed E-state index contributed by atoms with van der Waals surface area (Å²) in [5.41, 5.74) is 14.5. The summed E-state index contributed by atoms with van der Waals surface area (Å²) >= 11 is 5.54. The summed E-state index contributed by atoms with van der Waals surface area (Å²) in [5.74, 6) is -0.493. The number of aliphatic imine (C=N–C) groups is 2. The predicted octanol–water partition coefficient (Wildman–Crippen LogP) is 4.68. The molecule has 0 aliphatic heterocycles. The number of guanidine groups is 1. The number of nitrogens with zero attached hydrogens (tertiary/aromatic N) is 5. The van der Waals surface area contributed by atoms with Crippen molar-refractivity contribution in [2.45, 2.75) is 28.2 Å². The number of methoxy groups -OCH3 is 1. The molecule has 0 unspecified atom stereocenters. The van der Waals surface area contributed by atoms with Crippen molar-refractivity contribution in [3.05, 3.63) is 103 Å². The number of rotatable bonds is 12. The van der Waals surface area contributed by atoms with Crippen LogP contribution >= 0.6 is 11.6 Å². The normalized spacial score (nSPS) is 12.9. The van der Waals surface area contributed by atoms with Gasteiger partial charge in [0.05, 0.1) is 23.4 Å². The molecule has 6 rings (SSSR count). The van der Waals surface area contributed by atoms with Gasteiger partial charge in [0.25, 0.3) is 30.4 Å². The second kappa shape index (κ2) is 16.1. The highest BCUT2D eigenvalue weighted by Crippen LogP contribution is 2.32. The molecule has 0 aliphatic rings. The van der Waals surface area contributed by atoms with Crippen LogP contribution in [0.4, 0.5) is 22.7 Å². The minimum Gasteiger partial charge on any atom is -0.495 e. The summed E-state index contributed by atoms with van der Waals surface area (Å²) in [4.78, 5) is 13.0. The Balaban J connectivity index is 1.55. The Hall–Kier alpha value is -5.94. The molecule has 0 saturated heterocycles. The highest BCUT2D eigenvalue weighted by molar-refractivity contribution is 7.86. The van der Waals surface area contributed by atoms with E-state index in [4.69, 9.17) is 32.8 Å². The van der Waals surface area contributed by atoms with Gasteiger partial charge in [-0.15, -0.1) is 4.57 Å². The molecule has 0 atom stereocenters. The second-order valence-electron chi connectivity index (χ2n) is 12.5. The maximum absolute atomic E-state index is 12.5. The number of nitrogens with two attached hydrogens (primary N) is 2. The number of benzene rings is 5. The van der Waals surface area contributed by atoms with Gasteiger partial charge < -0.3 is 26.4 Å². The summed E-state index contributed by atoms with van der Waals surface area (Å²) in [6.45, 7) is 2.57. The van der Waals surface area contributed by atoms with Crippen LogP contribution in [0.5, 0.6) is 5.75 Å². The number of amidine groups is 1. The molecular weight excluding hydrogens is 836 g/mol. The molecule has 0 radical (unpaired) electrons. The number of ether oxygens (including phenoxy) is 1. The Morgan fingerprint density at radius 2 is 1.52 bits per heavy atom. The second-order valence-corrected chi connectivity index (χ2v) is 17.0. The molecule has 0 amide bonds. The van der Waals surface area contributed by atoms with E-state index in [1.165, 1.54) is 49.6 Å². The van der Waals surface area contributed by atoms with E-state index in [2.05, 4.69) is 15.3 Å². The Kier molecular flexibility index (Phi) is 11.6. The first-order valence-corrected chi connectivity index (χ1v) is 21.4. The fourth-order valence-electron chi connectivity index (χ4n) is 6.13. The smallest absolute Gasteiger partial charge is 0.298 e. The van der Waals surface area contributed by atoms with E-state index in [1.54, 1.807) is 47.0 Å². The Morgan fingerprint density at radius 1 is 0.828 bits per heavy atom. The van der Waals surface area contributed by atoms with E-state index >= 15 is 0 Å². The van der Waals surface area contributed by atoms with Crippen LogP contribution in [0.15, 0.2) is 122 Å². The van der Waals surface area contributed by atoms with E-state index in [-0.39, 0.29) is 40.2 Å². The molecule has 0 spiro atoms. The van der Waals surface area contributed by atoms with Crippen molar-refractivity contribution in [2.75, 3.05) is 23.9 Å². The standard InChI is InChI=1S/C36H33ClN8O10S3/c1-3-44(20-21-5-4-6-26(15-21)56(46,47)48)24-9-13-28-31(18-24)45(25-10-14-32(55-2)34(19-25)58(52,53)54)30-16-22(7-11-27(30)42-28)40-29-12-8-23(17-33(29)57(49,50)51)41-36(39)43-35(37)38/h4-19H,3,20H2,1-2H3,(H7,38,39,41,42,43,46,47,48,49,50,51,52,53,54)/p+1. The molecule has 5 aromatic carbocycles.